The van der Waals surface area contributed by atoms with Crippen LogP contribution in [0.15, 0.2) is 24.4 Å². The molecule has 1 saturated heterocycles. The molecule has 2 heterocycles. The van der Waals surface area contributed by atoms with Crippen LogP contribution in [0.4, 0.5) is 5.69 Å². The fourth-order valence-corrected chi connectivity index (χ4v) is 3.01. The molecule has 23 heavy (non-hydrogen) atoms. The number of fused-ring (bicyclic) bond motifs is 1. The van der Waals surface area contributed by atoms with Crippen molar-refractivity contribution in [3.63, 3.8) is 0 Å². The fourth-order valence-electron chi connectivity index (χ4n) is 3.01. The van der Waals surface area contributed by atoms with Crippen molar-refractivity contribution in [3.05, 3.63) is 40.1 Å². The highest BCUT2D eigenvalue weighted by Gasteiger charge is 2.33. The van der Waals surface area contributed by atoms with Gasteiger partial charge in [-0.3, -0.25) is 14.9 Å². The molecule has 1 atom stereocenters. The number of H-pyrrole nitrogens is 1. The Morgan fingerprint density at radius 3 is 2.91 bits per heavy atom. The summed E-state index contributed by atoms with van der Waals surface area (Å²) in [5.41, 5.74) is 1.29. The van der Waals surface area contributed by atoms with Crippen molar-refractivity contribution >= 4 is 28.5 Å². The van der Waals surface area contributed by atoms with E-state index in [0.717, 1.165) is 0 Å². The van der Waals surface area contributed by atoms with Crippen molar-refractivity contribution in [1.29, 1.82) is 0 Å². The van der Waals surface area contributed by atoms with Gasteiger partial charge in [-0.1, -0.05) is 0 Å². The molecule has 2 aromatic rings. The van der Waals surface area contributed by atoms with Crippen molar-refractivity contribution in [3.8, 4) is 0 Å². The number of rotatable bonds is 4. The third kappa shape index (κ3) is 2.75. The normalized spacial score (nSPS) is 17.6. The number of nitro groups is 1. The maximum atomic E-state index is 12.4. The number of aromatic nitrogens is 1. The number of hydrogen-bond donors (Lipinski definition) is 2. The lowest BCUT2D eigenvalue weighted by Gasteiger charge is -2.21. The minimum atomic E-state index is -0.995. The lowest BCUT2D eigenvalue weighted by atomic mass is 10.1. The van der Waals surface area contributed by atoms with E-state index < -0.39 is 16.9 Å². The summed E-state index contributed by atoms with van der Waals surface area (Å²) in [4.78, 5) is 38.3. The standard InChI is InChI=1S/C15H15N3O5/c19-14(17-5-1-2-13(17)15(20)21)6-9-8-16-12-4-3-10(18(22)23)7-11(9)12/h3-4,7-8,13,16H,1-2,5-6H2,(H,20,21). The van der Waals surface area contributed by atoms with Crippen LogP contribution in [-0.4, -0.2) is 44.4 Å². The third-order valence-electron chi connectivity index (χ3n) is 4.16. The molecule has 0 radical (unpaired) electrons. The van der Waals surface area contributed by atoms with E-state index in [1.54, 1.807) is 12.3 Å². The van der Waals surface area contributed by atoms with E-state index in [0.29, 0.717) is 35.9 Å². The molecule has 120 valence electrons. The van der Waals surface area contributed by atoms with Crippen LogP contribution < -0.4 is 0 Å². The summed E-state index contributed by atoms with van der Waals surface area (Å²) >= 11 is 0. The van der Waals surface area contributed by atoms with Gasteiger partial charge in [0.25, 0.3) is 5.69 Å². The zero-order chi connectivity index (χ0) is 16.6. The maximum Gasteiger partial charge on any atom is 0.326 e. The van der Waals surface area contributed by atoms with Gasteiger partial charge >= 0.3 is 5.97 Å². The first-order valence-electron chi connectivity index (χ1n) is 7.24. The summed E-state index contributed by atoms with van der Waals surface area (Å²) in [6, 6.07) is 3.64. The maximum absolute atomic E-state index is 12.4. The van der Waals surface area contributed by atoms with Gasteiger partial charge in [-0.25, -0.2) is 4.79 Å². The smallest absolute Gasteiger partial charge is 0.326 e. The molecule has 1 amide bonds. The Morgan fingerprint density at radius 2 is 2.22 bits per heavy atom. The van der Waals surface area contributed by atoms with Crippen LogP contribution in [-0.2, 0) is 16.0 Å². The number of nitro benzene ring substituents is 1. The number of carboxylic acid groups (broad SMARTS) is 1. The van der Waals surface area contributed by atoms with Gasteiger partial charge in [0.1, 0.15) is 6.04 Å². The first-order chi connectivity index (χ1) is 11.0. The zero-order valence-corrected chi connectivity index (χ0v) is 12.2. The van der Waals surface area contributed by atoms with E-state index >= 15 is 0 Å². The van der Waals surface area contributed by atoms with E-state index in [9.17, 15) is 19.7 Å². The Bertz CT molecular complexity index is 798. The molecule has 1 fully saturated rings. The summed E-state index contributed by atoms with van der Waals surface area (Å²) in [5.74, 6) is -1.27. The molecule has 2 N–H and O–H groups in total. The summed E-state index contributed by atoms with van der Waals surface area (Å²) in [5, 5.41) is 20.6. The van der Waals surface area contributed by atoms with E-state index in [4.69, 9.17) is 5.11 Å². The quantitative estimate of drug-likeness (QED) is 0.657. The molecule has 1 aliphatic heterocycles. The molecule has 0 bridgehead atoms. The van der Waals surface area contributed by atoms with Gasteiger partial charge in [0.15, 0.2) is 0 Å². The molecule has 0 aliphatic carbocycles. The summed E-state index contributed by atoms with van der Waals surface area (Å²) in [6.07, 6.45) is 2.78. The minimum Gasteiger partial charge on any atom is -0.480 e. The molecule has 0 saturated carbocycles. The second-order valence-electron chi connectivity index (χ2n) is 5.56. The molecule has 1 aromatic heterocycles. The molecule has 1 aromatic carbocycles. The van der Waals surface area contributed by atoms with E-state index in [2.05, 4.69) is 4.98 Å². The number of benzene rings is 1. The number of likely N-dealkylation sites (tertiary alicyclic amines) is 1. The van der Waals surface area contributed by atoms with Crippen LogP contribution in [0.2, 0.25) is 0 Å². The van der Waals surface area contributed by atoms with Crippen molar-refractivity contribution in [2.75, 3.05) is 6.54 Å². The van der Waals surface area contributed by atoms with Crippen molar-refractivity contribution in [2.24, 2.45) is 0 Å². The first-order valence-corrected chi connectivity index (χ1v) is 7.24. The Hall–Kier alpha value is -2.90. The second-order valence-corrected chi connectivity index (χ2v) is 5.56. The minimum absolute atomic E-state index is 0.0188. The van der Waals surface area contributed by atoms with Crippen LogP contribution in [0.3, 0.4) is 0 Å². The number of carbonyl (C=O) groups excluding carboxylic acids is 1. The Morgan fingerprint density at radius 1 is 1.43 bits per heavy atom. The number of carbonyl (C=O) groups is 2. The molecule has 8 nitrogen and oxygen atoms in total. The van der Waals surface area contributed by atoms with Gasteiger partial charge in [-0.2, -0.15) is 0 Å². The average Bonchev–Trinajstić information content (AvgIpc) is 3.13. The second kappa shape index (κ2) is 5.71. The molecule has 1 unspecified atom stereocenters. The molecule has 0 spiro atoms. The van der Waals surface area contributed by atoms with E-state index in [-0.39, 0.29) is 18.0 Å². The lowest BCUT2D eigenvalue weighted by molar-refractivity contribution is -0.384. The Labute approximate surface area is 130 Å². The zero-order valence-electron chi connectivity index (χ0n) is 12.2. The largest absolute Gasteiger partial charge is 0.480 e. The number of non-ortho nitro benzene ring substituents is 1. The van der Waals surface area contributed by atoms with Crippen LogP contribution >= 0.6 is 0 Å². The predicted octanol–water partition coefficient (Wildman–Crippen LogP) is 1.69. The van der Waals surface area contributed by atoms with Crippen molar-refractivity contribution < 1.29 is 19.6 Å². The van der Waals surface area contributed by atoms with Crippen molar-refractivity contribution in [1.82, 2.24) is 9.88 Å². The Balaban J connectivity index is 1.86. The topological polar surface area (TPSA) is 117 Å². The van der Waals surface area contributed by atoms with Gasteiger partial charge < -0.3 is 15.0 Å². The lowest BCUT2D eigenvalue weighted by Crippen LogP contribution is -2.41. The molecule has 1 aliphatic rings. The molecular formula is C15H15N3O5. The number of hydrogen-bond acceptors (Lipinski definition) is 4. The Kier molecular flexibility index (Phi) is 3.73. The predicted molar refractivity (Wildman–Crippen MR) is 81.0 cm³/mol. The van der Waals surface area contributed by atoms with E-state index in [1.165, 1.54) is 17.0 Å². The first kappa shape index (κ1) is 15.0. The summed E-state index contributed by atoms with van der Waals surface area (Å²) in [6.45, 7) is 0.429. The van der Waals surface area contributed by atoms with Crippen LogP contribution in [0.5, 0.6) is 0 Å². The number of nitrogens with zero attached hydrogens (tertiary/aromatic N) is 2. The molecular weight excluding hydrogens is 302 g/mol. The van der Waals surface area contributed by atoms with Gasteiger partial charge in [0, 0.05) is 35.8 Å². The molecule has 8 heteroatoms. The molecule has 3 rings (SSSR count). The highest BCUT2D eigenvalue weighted by Crippen LogP contribution is 2.25. The van der Waals surface area contributed by atoms with Crippen LogP contribution in [0.1, 0.15) is 18.4 Å². The van der Waals surface area contributed by atoms with Gasteiger partial charge in [0.05, 0.1) is 11.3 Å². The number of amides is 1. The summed E-state index contributed by atoms with van der Waals surface area (Å²) < 4.78 is 0. The number of carboxylic acids is 1. The highest BCUT2D eigenvalue weighted by atomic mass is 16.6. The average molecular weight is 317 g/mol. The third-order valence-corrected chi connectivity index (χ3v) is 4.16. The van der Waals surface area contributed by atoms with Gasteiger partial charge in [0.2, 0.25) is 5.91 Å². The summed E-state index contributed by atoms with van der Waals surface area (Å²) in [7, 11) is 0. The van der Waals surface area contributed by atoms with Crippen molar-refractivity contribution in [2.45, 2.75) is 25.3 Å². The number of aliphatic carboxylic acids is 1. The van der Waals surface area contributed by atoms with E-state index in [1.807, 2.05) is 0 Å². The number of nitrogens with one attached hydrogen (secondary N) is 1. The van der Waals surface area contributed by atoms with Gasteiger partial charge in [-0.05, 0) is 24.5 Å². The monoisotopic (exact) mass is 317 g/mol. The van der Waals surface area contributed by atoms with Crippen LogP contribution in [0, 0.1) is 10.1 Å². The highest BCUT2D eigenvalue weighted by molar-refractivity contribution is 5.91. The SMILES string of the molecule is O=C(O)C1CCCN1C(=O)Cc1c[nH]c2ccc([N+](=O)[O-])cc12. The fraction of sp³-hybridized carbons (Fsp3) is 0.333. The number of aromatic amines is 1. The van der Waals surface area contributed by atoms with Crippen LogP contribution in [0.25, 0.3) is 10.9 Å². The van der Waals surface area contributed by atoms with Gasteiger partial charge in [-0.15, -0.1) is 0 Å².